The molecule has 2 amide bonds. The number of hydrogen-bond acceptors (Lipinski definition) is 3. The van der Waals surface area contributed by atoms with Crippen molar-refractivity contribution in [2.24, 2.45) is 0 Å². The zero-order chi connectivity index (χ0) is 15.8. The van der Waals surface area contributed by atoms with Gasteiger partial charge in [-0.15, -0.1) is 0 Å². The molecule has 5 heteroatoms. The number of aliphatic hydroxyl groups excluding tert-OH is 1. The van der Waals surface area contributed by atoms with Crippen LogP contribution in [-0.2, 0) is 17.9 Å². The number of carbonyl (C=O) groups excluding carboxylic acids is 1. The number of amides is 2. The van der Waals surface area contributed by atoms with Crippen molar-refractivity contribution < 1.29 is 14.6 Å². The molecule has 0 saturated carbocycles. The number of nitrogens with zero attached hydrogens (tertiary/aromatic N) is 1. The van der Waals surface area contributed by atoms with E-state index in [2.05, 4.69) is 5.32 Å². The Bertz CT molecular complexity index is 473. The molecule has 1 fully saturated rings. The lowest BCUT2D eigenvalue weighted by atomic mass is 10.1. The van der Waals surface area contributed by atoms with Gasteiger partial charge in [-0.05, 0) is 36.8 Å². The smallest absolute Gasteiger partial charge is 0.317 e. The van der Waals surface area contributed by atoms with Gasteiger partial charge in [-0.1, -0.05) is 24.3 Å². The largest absolute Gasteiger partial charge is 0.392 e. The van der Waals surface area contributed by atoms with Crippen LogP contribution in [0.2, 0.25) is 0 Å². The van der Waals surface area contributed by atoms with E-state index in [-0.39, 0.29) is 12.6 Å². The van der Waals surface area contributed by atoms with Crippen molar-refractivity contribution in [2.45, 2.75) is 44.9 Å². The highest BCUT2D eigenvalue weighted by atomic mass is 16.5. The normalized spacial score (nSPS) is 17.5. The van der Waals surface area contributed by atoms with E-state index in [0.29, 0.717) is 12.6 Å². The maximum absolute atomic E-state index is 12.0. The van der Waals surface area contributed by atoms with Gasteiger partial charge in [0, 0.05) is 26.7 Å². The second-order valence-corrected chi connectivity index (χ2v) is 5.84. The molecule has 0 spiro atoms. The summed E-state index contributed by atoms with van der Waals surface area (Å²) in [4.78, 5) is 13.7. The third-order valence-electron chi connectivity index (χ3n) is 4.01. The zero-order valence-electron chi connectivity index (χ0n) is 13.3. The molecule has 1 atom stereocenters. The Labute approximate surface area is 132 Å². The molecule has 1 unspecified atom stereocenters. The molecular weight excluding hydrogens is 280 g/mol. The molecular formula is C17H26N2O3. The highest BCUT2D eigenvalue weighted by molar-refractivity contribution is 5.73. The van der Waals surface area contributed by atoms with Crippen molar-refractivity contribution in [3.8, 4) is 0 Å². The average Bonchev–Trinajstić information content (AvgIpc) is 3.06. The average molecular weight is 306 g/mol. The lowest BCUT2D eigenvalue weighted by Gasteiger charge is -2.19. The number of benzene rings is 1. The third kappa shape index (κ3) is 5.31. The highest BCUT2D eigenvalue weighted by Crippen LogP contribution is 2.16. The van der Waals surface area contributed by atoms with Gasteiger partial charge >= 0.3 is 6.03 Å². The van der Waals surface area contributed by atoms with Crippen molar-refractivity contribution in [3.63, 3.8) is 0 Å². The fourth-order valence-electron chi connectivity index (χ4n) is 2.68. The summed E-state index contributed by atoms with van der Waals surface area (Å²) in [5.41, 5.74) is 1.85. The predicted octanol–water partition coefficient (Wildman–Crippen LogP) is 2.28. The summed E-state index contributed by atoms with van der Waals surface area (Å²) in [6, 6.07) is 7.52. The van der Waals surface area contributed by atoms with Crippen LogP contribution in [0.3, 0.4) is 0 Å². The summed E-state index contributed by atoms with van der Waals surface area (Å²) in [5, 5.41) is 12.0. The quantitative estimate of drug-likeness (QED) is 0.812. The van der Waals surface area contributed by atoms with Gasteiger partial charge in [-0.2, -0.15) is 0 Å². The number of nitrogens with one attached hydrogen (secondary N) is 1. The van der Waals surface area contributed by atoms with E-state index in [1.807, 2.05) is 31.3 Å². The minimum atomic E-state index is -0.0678. The fourth-order valence-corrected chi connectivity index (χ4v) is 2.68. The van der Waals surface area contributed by atoms with Gasteiger partial charge in [-0.3, -0.25) is 0 Å². The lowest BCUT2D eigenvalue weighted by Crippen LogP contribution is -2.37. The van der Waals surface area contributed by atoms with Crippen LogP contribution in [0.15, 0.2) is 24.3 Å². The van der Waals surface area contributed by atoms with E-state index in [1.165, 1.54) is 0 Å². The standard InChI is InChI=1S/C17H26N2O3/c1-19(9-3-7-16-8-4-10-22-16)17(21)18-12-14-5-2-6-15(11-14)13-20/h2,5-6,11,16,20H,3-4,7-10,12-13H2,1H3,(H,18,21). The van der Waals surface area contributed by atoms with E-state index in [4.69, 9.17) is 9.84 Å². The van der Waals surface area contributed by atoms with Crippen molar-refractivity contribution in [3.05, 3.63) is 35.4 Å². The third-order valence-corrected chi connectivity index (χ3v) is 4.01. The predicted molar refractivity (Wildman–Crippen MR) is 85.4 cm³/mol. The highest BCUT2D eigenvalue weighted by Gasteiger charge is 2.15. The molecule has 0 bridgehead atoms. The Morgan fingerprint density at radius 2 is 2.27 bits per heavy atom. The molecule has 0 aromatic heterocycles. The lowest BCUT2D eigenvalue weighted by molar-refractivity contribution is 0.100. The van der Waals surface area contributed by atoms with Gasteiger partial charge in [0.05, 0.1) is 12.7 Å². The van der Waals surface area contributed by atoms with Crippen LogP contribution in [0, 0.1) is 0 Å². The van der Waals surface area contributed by atoms with E-state index in [9.17, 15) is 4.79 Å². The first-order chi connectivity index (χ1) is 10.7. The minimum Gasteiger partial charge on any atom is -0.392 e. The molecule has 1 heterocycles. The Kier molecular flexibility index (Phi) is 6.68. The number of rotatable bonds is 7. The Hall–Kier alpha value is -1.59. The number of carbonyl (C=O) groups is 1. The maximum Gasteiger partial charge on any atom is 0.317 e. The van der Waals surface area contributed by atoms with Crippen LogP contribution in [0.5, 0.6) is 0 Å². The van der Waals surface area contributed by atoms with Crippen LogP contribution in [0.1, 0.15) is 36.8 Å². The van der Waals surface area contributed by atoms with Gasteiger partial charge in [0.25, 0.3) is 0 Å². The number of hydrogen-bond donors (Lipinski definition) is 2. The molecule has 122 valence electrons. The van der Waals surface area contributed by atoms with Gasteiger partial charge in [0.2, 0.25) is 0 Å². The van der Waals surface area contributed by atoms with Crippen LogP contribution in [0.4, 0.5) is 4.79 Å². The molecule has 1 aliphatic rings. The first kappa shape index (κ1) is 16.8. The van der Waals surface area contributed by atoms with Gasteiger partial charge in [-0.25, -0.2) is 4.79 Å². The first-order valence-electron chi connectivity index (χ1n) is 7.98. The number of aliphatic hydroxyl groups is 1. The molecule has 0 aliphatic carbocycles. The van der Waals surface area contributed by atoms with E-state index >= 15 is 0 Å². The summed E-state index contributed by atoms with van der Waals surface area (Å²) < 4.78 is 5.58. The second-order valence-electron chi connectivity index (χ2n) is 5.84. The monoisotopic (exact) mass is 306 g/mol. The number of urea groups is 1. The van der Waals surface area contributed by atoms with Crippen molar-refractivity contribution in [2.75, 3.05) is 20.2 Å². The summed E-state index contributed by atoms with van der Waals surface area (Å²) in [6.45, 7) is 2.12. The van der Waals surface area contributed by atoms with Crippen LogP contribution < -0.4 is 5.32 Å². The molecule has 1 saturated heterocycles. The molecule has 1 aliphatic heterocycles. The van der Waals surface area contributed by atoms with Crippen molar-refractivity contribution in [1.29, 1.82) is 0 Å². The van der Waals surface area contributed by atoms with Crippen LogP contribution in [-0.4, -0.2) is 42.3 Å². The number of ether oxygens (including phenoxy) is 1. The van der Waals surface area contributed by atoms with E-state index < -0.39 is 0 Å². The van der Waals surface area contributed by atoms with E-state index in [0.717, 1.165) is 50.0 Å². The molecule has 22 heavy (non-hydrogen) atoms. The van der Waals surface area contributed by atoms with E-state index in [1.54, 1.807) is 4.90 Å². The minimum absolute atomic E-state index is 0.0188. The molecule has 1 aromatic carbocycles. The Morgan fingerprint density at radius 1 is 1.45 bits per heavy atom. The molecule has 5 nitrogen and oxygen atoms in total. The first-order valence-corrected chi connectivity index (χ1v) is 7.98. The summed E-state index contributed by atoms with van der Waals surface area (Å²) in [5.74, 6) is 0. The maximum atomic E-state index is 12.0. The molecule has 1 aromatic rings. The van der Waals surface area contributed by atoms with Crippen molar-refractivity contribution in [1.82, 2.24) is 10.2 Å². The topological polar surface area (TPSA) is 61.8 Å². The van der Waals surface area contributed by atoms with Crippen LogP contribution >= 0.6 is 0 Å². The molecule has 0 radical (unpaired) electrons. The van der Waals surface area contributed by atoms with Crippen molar-refractivity contribution >= 4 is 6.03 Å². The summed E-state index contributed by atoms with van der Waals surface area (Å²) in [6.07, 6.45) is 4.69. The summed E-state index contributed by atoms with van der Waals surface area (Å²) in [7, 11) is 1.81. The Balaban J connectivity index is 1.66. The SMILES string of the molecule is CN(CCCC1CCCO1)C(=O)NCc1cccc(CO)c1. The van der Waals surface area contributed by atoms with Gasteiger partial charge in [0.15, 0.2) is 0 Å². The molecule has 2 rings (SSSR count). The van der Waals surface area contributed by atoms with Gasteiger partial charge < -0.3 is 20.1 Å². The second kappa shape index (κ2) is 8.76. The Morgan fingerprint density at radius 3 is 3.00 bits per heavy atom. The fraction of sp³-hybridized carbons (Fsp3) is 0.588. The zero-order valence-corrected chi connectivity index (χ0v) is 13.3. The summed E-state index contributed by atoms with van der Waals surface area (Å²) >= 11 is 0. The molecule has 2 N–H and O–H groups in total. The van der Waals surface area contributed by atoms with Crippen LogP contribution in [0.25, 0.3) is 0 Å². The van der Waals surface area contributed by atoms with Gasteiger partial charge in [0.1, 0.15) is 0 Å².